The summed E-state index contributed by atoms with van der Waals surface area (Å²) < 4.78 is 2.38. The van der Waals surface area contributed by atoms with E-state index in [1.165, 1.54) is 34.9 Å². The van der Waals surface area contributed by atoms with Crippen molar-refractivity contribution in [2.24, 2.45) is 0 Å². The van der Waals surface area contributed by atoms with E-state index in [-0.39, 0.29) is 0 Å². The monoisotopic (exact) mass is 291 g/mol. The van der Waals surface area contributed by atoms with Gasteiger partial charge in [-0.15, -0.1) is 0 Å². The van der Waals surface area contributed by atoms with Gasteiger partial charge in [0, 0.05) is 36.0 Å². The topological polar surface area (TPSA) is 29.9 Å². The lowest BCUT2D eigenvalue weighted by Crippen LogP contribution is -2.26. The number of benzene rings is 1. The number of para-hydroxylation sites is 1. The number of piperidine rings is 1. The average Bonchev–Trinajstić information content (AvgIpc) is 2.96. The summed E-state index contributed by atoms with van der Waals surface area (Å²) in [6.45, 7) is 3.15. The van der Waals surface area contributed by atoms with Gasteiger partial charge in [0.15, 0.2) is 0 Å². The van der Waals surface area contributed by atoms with Gasteiger partial charge in [-0.3, -0.25) is 4.98 Å². The van der Waals surface area contributed by atoms with Crippen LogP contribution in [0.25, 0.3) is 10.9 Å². The van der Waals surface area contributed by atoms with Crippen LogP contribution in [0.5, 0.6) is 0 Å². The molecule has 0 aliphatic carbocycles. The zero-order valence-electron chi connectivity index (χ0n) is 12.7. The fourth-order valence-corrected chi connectivity index (χ4v) is 3.55. The minimum Gasteiger partial charge on any atom is -0.343 e. The van der Waals surface area contributed by atoms with Crippen LogP contribution in [-0.4, -0.2) is 22.6 Å². The molecule has 0 amide bonds. The Labute approximate surface area is 131 Å². The van der Waals surface area contributed by atoms with Crippen LogP contribution in [0.3, 0.4) is 0 Å². The highest BCUT2D eigenvalue weighted by molar-refractivity contribution is 5.84. The molecule has 22 heavy (non-hydrogen) atoms. The van der Waals surface area contributed by atoms with Crippen molar-refractivity contribution in [3.63, 3.8) is 0 Å². The van der Waals surface area contributed by atoms with Crippen LogP contribution >= 0.6 is 0 Å². The molecule has 1 aliphatic heterocycles. The second kappa shape index (κ2) is 5.93. The molecule has 0 spiro atoms. The molecular weight excluding hydrogens is 270 g/mol. The van der Waals surface area contributed by atoms with Gasteiger partial charge in [0.05, 0.1) is 0 Å². The predicted molar refractivity (Wildman–Crippen MR) is 90.1 cm³/mol. The molecule has 0 radical (unpaired) electrons. The van der Waals surface area contributed by atoms with E-state index in [0.29, 0.717) is 5.92 Å². The molecule has 3 heteroatoms. The number of rotatable bonds is 3. The summed E-state index contributed by atoms with van der Waals surface area (Å²) >= 11 is 0. The van der Waals surface area contributed by atoms with Crippen molar-refractivity contribution in [2.75, 3.05) is 13.1 Å². The molecule has 0 saturated carbocycles. The number of hydrogen-bond donors (Lipinski definition) is 1. The van der Waals surface area contributed by atoms with E-state index in [1.54, 1.807) is 0 Å². The highest BCUT2D eigenvalue weighted by Crippen LogP contribution is 2.33. The first-order valence-electron chi connectivity index (χ1n) is 8.09. The fourth-order valence-electron chi connectivity index (χ4n) is 3.55. The first kappa shape index (κ1) is 13.5. The van der Waals surface area contributed by atoms with Gasteiger partial charge in [-0.25, -0.2) is 0 Å². The summed E-state index contributed by atoms with van der Waals surface area (Å²) in [6.07, 6.45) is 8.63. The molecule has 3 heterocycles. The number of pyridine rings is 1. The van der Waals surface area contributed by atoms with Crippen LogP contribution in [-0.2, 0) is 6.54 Å². The first-order chi connectivity index (χ1) is 10.9. The molecule has 1 aromatic carbocycles. The van der Waals surface area contributed by atoms with Crippen molar-refractivity contribution in [2.45, 2.75) is 25.3 Å². The van der Waals surface area contributed by atoms with Crippen molar-refractivity contribution in [3.05, 3.63) is 66.1 Å². The van der Waals surface area contributed by atoms with E-state index in [4.69, 9.17) is 0 Å². The first-order valence-corrected chi connectivity index (χ1v) is 8.09. The summed E-state index contributed by atoms with van der Waals surface area (Å²) in [5.74, 6) is 0.682. The van der Waals surface area contributed by atoms with Gasteiger partial charge < -0.3 is 9.88 Å². The Bertz CT molecular complexity index is 755. The molecule has 2 aromatic heterocycles. The molecule has 3 nitrogen and oxygen atoms in total. The van der Waals surface area contributed by atoms with Gasteiger partial charge in [-0.2, -0.15) is 0 Å². The zero-order chi connectivity index (χ0) is 14.8. The lowest BCUT2D eigenvalue weighted by Gasteiger charge is -2.22. The molecule has 1 N–H and O–H groups in total. The van der Waals surface area contributed by atoms with Crippen LogP contribution < -0.4 is 5.32 Å². The van der Waals surface area contributed by atoms with Gasteiger partial charge in [0.25, 0.3) is 0 Å². The third-order valence-electron chi connectivity index (χ3n) is 4.67. The van der Waals surface area contributed by atoms with Crippen LogP contribution in [0.4, 0.5) is 0 Å². The van der Waals surface area contributed by atoms with Gasteiger partial charge in [0.1, 0.15) is 0 Å². The smallest absolute Gasteiger partial charge is 0.0491 e. The summed E-state index contributed by atoms with van der Waals surface area (Å²) in [6, 6.07) is 12.9. The molecule has 0 atom stereocenters. The van der Waals surface area contributed by atoms with E-state index in [2.05, 4.69) is 51.4 Å². The van der Waals surface area contributed by atoms with Crippen LogP contribution in [0.2, 0.25) is 0 Å². The molecule has 0 bridgehead atoms. The summed E-state index contributed by atoms with van der Waals surface area (Å²) in [5.41, 5.74) is 4.10. The highest BCUT2D eigenvalue weighted by atomic mass is 15.0. The summed E-state index contributed by atoms with van der Waals surface area (Å²) in [7, 11) is 0. The lowest BCUT2D eigenvalue weighted by atomic mass is 9.90. The van der Waals surface area contributed by atoms with Crippen LogP contribution in [0, 0.1) is 0 Å². The molecular formula is C19H21N3. The fraction of sp³-hybridized carbons (Fsp3) is 0.316. The Balaban J connectivity index is 1.75. The van der Waals surface area contributed by atoms with Crippen LogP contribution in [0.1, 0.15) is 29.9 Å². The second-order valence-corrected chi connectivity index (χ2v) is 6.12. The van der Waals surface area contributed by atoms with Crippen molar-refractivity contribution >= 4 is 10.9 Å². The van der Waals surface area contributed by atoms with Crippen molar-refractivity contribution in [3.8, 4) is 0 Å². The molecule has 112 valence electrons. The van der Waals surface area contributed by atoms with Gasteiger partial charge in [-0.1, -0.05) is 24.3 Å². The molecule has 1 fully saturated rings. The number of fused-ring (bicyclic) bond motifs is 1. The molecule has 1 saturated heterocycles. The van der Waals surface area contributed by atoms with Crippen LogP contribution in [0.15, 0.2) is 55.0 Å². The number of nitrogens with zero attached hydrogens (tertiary/aromatic N) is 2. The van der Waals surface area contributed by atoms with E-state index >= 15 is 0 Å². The maximum atomic E-state index is 4.24. The highest BCUT2D eigenvalue weighted by Gasteiger charge is 2.19. The van der Waals surface area contributed by atoms with Crippen molar-refractivity contribution in [1.82, 2.24) is 14.9 Å². The van der Waals surface area contributed by atoms with Gasteiger partial charge in [0.2, 0.25) is 0 Å². The van der Waals surface area contributed by atoms with E-state index in [1.807, 2.05) is 18.5 Å². The maximum absolute atomic E-state index is 4.24. The van der Waals surface area contributed by atoms with E-state index in [0.717, 1.165) is 19.6 Å². The van der Waals surface area contributed by atoms with E-state index < -0.39 is 0 Å². The molecule has 3 aromatic rings. The third-order valence-corrected chi connectivity index (χ3v) is 4.67. The van der Waals surface area contributed by atoms with Gasteiger partial charge in [-0.05, 0) is 55.1 Å². The Morgan fingerprint density at radius 2 is 1.95 bits per heavy atom. The minimum absolute atomic E-state index is 0.682. The standard InChI is InChI=1S/C19H21N3/c1-2-6-19-17(5-1)18(16-7-10-20-11-8-16)14-22(19)13-15-4-3-9-21-12-15/h1-6,9,12,14,16,20H,7-8,10-11,13H2. The summed E-state index contributed by atoms with van der Waals surface area (Å²) in [4.78, 5) is 4.24. The SMILES string of the molecule is c1cncc(Cn2cc(C3CCNCC3)c3ccccc32)c1. The van der Waals surface area contributed by atoms with Crippen molar-refractivity contribution in [1.29, 1.82) is 0 Å². The Morgan fingerprint density at radius 1 is 1.09 bits per heavy atom. The predicted octanol–water partition coefficient (Wildman–Crippen LogP) is 3.55. The number of nitrogens with one attached hydrogen (secondary N) is 1. The second-order valence-electron chi connectivity index (χ2n) is 6.12. The number of hydrogen-bond acceptors (Lipinski definition) is 2. The largest absolute Gasteiger partial charge is 0.343 e. The maximum Gasteiger partial charge on any atom is 0.0491 e. The van der Waals surface area contributed by atoms with Gasteiger partial charge >= 0.3 is 0 Å². The Hall–Kier alpha value is -2.13. The summed E-state index contributed by atoms with van der Waals surface area (Å²) in [5, 5.41) is 4.88. The minimum atomic E-state index is 0.682. The molecule has 4 rings (SSSR count). The quantitative estimate of drug-likeness (QED) is 0.800. The Kier molecular flexibility index (Phi) is 3.65. The number of aromatic nitrogens is 2. The lowest BCUT2D eigenvalue weighted by molar-refractivity contribution is 0.461. The Morgan fingerprint density at radius 3 is 2.77 bits per heavy atom. The molecule has 1 aliphatic rings. The average molecular weight is 291 g/mol. The van der Waals surface area contributed by atoms with E-state index in [9.17, 15) is 0 Å². The normalized spacial score (nSPS) is 16.2. The zero-order valence-corrected chi connectivity index (χ0v) is 12.7. The third kappa shape index (κ3) is 2.53. The van der Waals surface area contributed by atoms with Crippen molar-refractivity contribution < 1.29 is 0 Å². The molecule has 0 unspecified atom stereocenters.